The molecule has 0 N–H and O–H groups in total. The van der Waals surface area contributed by atoms with Crippen LogP contribution in [0.25, 0.3) is 0 Å². The molecule has 0 unspecified atom stereocenters. The normalized spacial score (nSPS) is 12.9. The molecule has 0 aliphatic heterocycles. The van der Waals surface area contributed by atoms with Crippen molar-refractivity contribution in [2.45, 2.75) is 27.7 Å². The summed E-state index contributed by atoms with van der Waals surface area (Å²) in [5.41, 5.74) is 4.98. The van der Waals surface area contributed by atoms with Gasteiger partial charge in [0.15, 0.2) is 0 Å². The summed E-state index contributed by atoms with van der Waals surface area (Å²) in [4.78, 5) is 0. The van der Waals surface area contributed by atoms with E-state index in [2.05, 4.69) is 125 Å². The summed E-state index contributed by atoms with van der Waals surface area (Å²) in [6.45, 7) is 8.80. The molecule has 4 aromatic rings. The van der Waals surface area contributed by atoms with E-state index >= 15 is 0 Å². The zero-order valence-corrected chi connectivity index (χ0v) is 20.7. The van der Waals surface area contributed by atoms with E-state index in [0.717, 1.165) is 0 Å². The Labute approximate surface area is 185 Å². The molecule has 0 nitrogen and oxygen atoms in total. The number of benzene rings is 4. The van der Waals surface area contributed by atoms with E-state index in [1.807, 2.05) is 0 Å². The van der Waals surface area contributed by atoms with Gasteiger partial charge in [0.1, 0.15) is 0 Å². The third kappa shape index (κ3) is 2.89. The van der Waals surface area contributed by atoms with E-state index in [1.54, 1.807) is 0 Å². The first-order chi connectivity index (χ1) is 14.4. The van der Waals surface area contributed by atoms with Crippen LogP contribution in [0.15, 0.2) is 97.1 Å². The topological polar surface area (TPSA) is 0 Å². The molecule has 2 heteroatoms. The van der Waals surface area contributed by atoms with E-state index in [4.69, 9.17) is 9.95 Å². The predicted molar refractivity (Wildman–Crippen MR) is 135 cm³/mol. The standard InChI is InChI=1S/C28H28AsCl/c1-21-13-5-9-17-25(21)29(30,26-18-10-6-14-22(26)2,27-19-11-7-15-23(27)3)28-20-12-8-16-24(28)4/h5-20H,1-4H3. The van der Waals surface area contributed by atoms with Gasteiger partial charge in [0.2, 0.25) is 0 Å². The summed E-state index contributed by atoms with van der Waals surface area (Å²) in [5, 5.41) is 0. The third-order valence-electron chi connectivity index (χ3n) is 6.27. The summed E-state index contributed by atoms with van der Waals surface area (Å²) in [5.74, 6) is 0. The second-order valence-electron chi connectivity index (χ2n) is 8.15. The van der Waals surface area contributed by atoms with Crippen LogP contribution in [0.1, 0.15) is 22.3 Å². The third-order valence-corrected chi connectivity index (χ3v) is 21.9. The van der Waals surface area contributed by atoms with Crippen molar-refractivity contribution in [1.82, 2.24) is 0 Å². The Morgan fingerprint density at radius 1 is 0.400 bits per heavy atom. The molecule has 30 heavy (non-hydrogen) atoms. The van der Waals surface area contributed by atoms with Gasteiger partial charge in [-0.1, -0.05) is 0 Å². The number of aryl methyl sites for hydroxylation is 4. The maximum absolute atomic E-state index is 8.50. The Balaban J connectivity index is 2.37. The first-order valence-corrected chi connectivity index (χ1v) is 16.6. The molecular formula is C28H28AsCl. The summed E-state index contributed by atoms with van der Waals surface area (Å²) < 4.78 is 5.09. The van der Waals surface area contributed by atoms with Crippen LogP contribution in [0.2, 0.25) is 0 Å². The molecule has 0 saturated carbocycles. The van der Waals surface area contributed by atoms with E-state index in [9.17, 15) is 0 Å². The van der Waals surface area contributed by atoms with Gasteiger partial charge in [-0.2, -0.15) is 0 Å². The quantitative estimate of drug-likeness (QED) is 0.366. The van der Waals surface area contributed by atoms with Crippen molar-refractivity contribution in [3.05, 3.63) is 119 Å². The minimum absolute atomic E-state index is 1.24. The van der Waals surface area contributed by atoms with E-state index in [1.165, 1.54) is 39.7 Å². The number of halogens is 1. The van der Waals surface area contributed by atoms with E-state index in [-0.39, 0.29) is 0 Å². The number of hydrogen-bond acceptors (Lipinski definition) is 0. The van der Waals surface area contributed by atoms with Crippen molar-refractivity contribution in [2.24, 2.45) is 0 Å². The zero-order chi connectivity index (χ0) is 21.4. The Hall–Kier alpha value is -2.27. The number of rotatable bonds is 4. The van der Waals surface area contributed by atoms with Crippen LogP contribution in [0.3, 0.4) is 0 Å². The molecule has 0 heterocycles. The molecule has 4 aromatic carbocycles. The molecule has 0 aliphatic carbocycles. The predicted octanol–water partition coefficient (Wildman–Crippen LogP) is 4.99. The van der Waals surface area contributed by atoms with Crippen LogP contribution in [0.5, 0.6) is 0 Å². The molecule has 0 spiro atoms. The van der Waals surface area contributed by atoms with Crippen LogP contribution in [0, 0.1) is 27.7 Å². The molecule has 0 radical (unpaired) electrons. The van der Waals surface area contributed by atoms with Crippen molar-refractivity contribution >= 4 is 38.9 Å². The van der Waals surface area contributed by atoms with Crippen LogP contribution >= 0.6 is 9.95 Å². The van der Waals surface area contributed by atoms with E-state index < -0.39 is 11.5 Å². The first-order valence-electron chi connectivity index (χ1n) is 10.4. The summed E-state index contributed by atoms with van der Waals surface area (Å²) in [7, 11) is 8.50. The monoisotopic (exact) mass is 474 g/mol. The fraction of sp³-hybridized carbons (Fsp3) is 0.143. The van der Waals surface area contributed by atoms with Gasteiger partial charge >= 0.3 is 186 Å². The molecule has 0 aliphatic rings. The van der Waals surface area contributed by atoms with Gasteiger partial charge in [0.05, 0.1) is 0 Å². The van der Waals surface area contributed by atoms with Crippen molar-refractivity contribution < 1.29 is 0 Å². The van der Waals surface area contributed by atoms with Gasteiger partial charge in [0.25, 0.3) is 0 Å². The van der Waals surface area contributed by atoms with Crippen molar-refractivity contribution in [2.75, 3.05) is 0 Å². The minimum atomic E-state index is -4.32. The van der Waals surface area contributed by atoms with Crippen LogP contribution in [-0.2, 0) is 0 Å². The van der Waals surface area contributed by atoms with Crippen molar-refractivity contribution in [3.63, 3.8) is 0 Å². The fourth-order valence-electron chi connectivity index (χ4n) is 4.92. The molecule has 0 amide bonds. The Kier molecular flexibility index (Phi) is 5.43. The fourth-order valence-corrected chi connectivity index (χ4v) is 21.4. The number of hydrogen-bond donors (Lipinski definition) is 0. The molecular weight excluding hydrogens is 447 g/mol. The van der Waals surface area contributed by atoms with Crippen LogP contribution in [-0.4, -0.2) is 11.5 Å². The van der Waals surface area contributed by atoms with Gasteiger partial charge in [-0.25, -0.2) is 0 Å². The second-order valence-corrected chi connectivity index (χ2v) is 19.9. The molecule has 0 atom stereocenters. The van der Waals surface area contributed by atoms with E-state index in [0.29, 0.717) is 0 Å². The van der Waals surface area contributed by atoms with Crippen LogP contribution in [0.4, 0.5) is 0 Å². The Bertz CT molecular complexity index is 1030. The summed E-state index contributed by atoms with van der Waals surface area (Å²) in [6.07, 6.45) is 0. The zero-order valence-electron chi connectivity index (χ0n) is 18.1. The molecule has 152 valence electrons. The molecule has 0 saturated heterocycles. The van der Waals surface area contributed by atoms with Gasteiger partial charge in [-0.15, -0.1) is 0 Å². The molecule has 0 fully saturated rings. The van der Waals surface area contributed by atoms with Gasteiger partial charge < -0.3 is 0 Å². The van der Waals surface area contributed by atoms with Gasteiger partial charge in [0, 0.05) is 0 Å². The average molecular weight is 475 g/mol. The maximum atomic E-state index is 8.50. The van der Waals surface area contributed by atoms with Crippen molar-refractivity contribution in [3.8, 4) is 0 Å². The summed E-state index contributed by atoms with van der Waals surface area (Å²) in [6, 6.07) is 34.8. The summed E-state index contributed by atoms with van der Waals surface area (Å²) >= 11 is -4.32. The van der Waals surface area contributed by atoms with Crippen LogP contribution < -0.4 is 17.4 Å². The first kappa shape index (κ1) is 21.0. The Morgan fingerprint density at radius 2 is 0.600 bits per heavy atom. The average Bonchev–Trinajstić information content (AvgIpc) is 2.75. The van der Waals surface area contributed by atoms with Crippen molar-refractivity contribution in [1.29, 1.82) is 0 Å². The SMILES string of the molecule is Cc1ccccc1[As](Cl)(c1ccccc1C)(c1ccccc1C)c1ccccc1C. The van der Waals surface area contributed by atoms with Gasteiger partial charge in [-0.3, -0.25) is 0 Å². The molecule has 0 aromatic heterocycles. The van der Waals surface area contributed by atoms with Gasteiger partial charge in [-0.05, 0) is 0 Å². The Morgan fingerprint density at radius 3 is 0.800 bits per heavy atom. The molecule has 4 rings (SSSR count). The second kappa shape index (κ2) is 7.77. The molecule has 0 bridgehead atoms.